The fraction of sp³-hybridized carbons (Fsp3) is 0.250. The fourth-order valence-electron chi connectivity index (χ4n) is 5.38. The zero-order valence-electron chi connectivity index (χ0n) is 18.4. The average molecular weight is 408 g/mol. The summed E-state index contributed by atoms with van der Waals surface area (Å²) in [6.07, 6.45) is 7.04. The van der Waals surface area contributed by atoms with E-state index in [1.807, 2.05) is 0 Å². The number of para-hydroxylation sites is 1. The topological polar surface area (TPSA) is 21.9 Å². The van der Waals surface area contributed by atoms with Crippen LogP contribution in [0.25, 0.3) is 44.5 Å². The van der Waals surface area contributed by atoms with Gasteiger partial charge in [0, 0.05) is 41.2 Å². The Kier molecular flexibility index (Phi) is 4.07. The molecule has 31 heavy (non-hydrogen) atoms. The summed E-state index contributed by atoms with van der Waals surface area (Å²) < 4.78 is 11.3. The molecule has 154 valence electrons. The molecule has 3 aromatic heterocycles. The lowest BCUT2D eigenvalue weighted by Gasteiger charge is -2.13. The third-order valence-corrected chi connectivity index (χ3v) is 7.02. The van der Waals surface area contributed by atoms with Crippen LogP contribution in [-0.4, -0.2) is 4.57 Å². The maximum atomic E-state index is 6.72. The molecule has 0 fully saturated rings. The summed E-state index contributed by atoms with van der Waals surface area (Å²) in [4.78, 5) is 0. The van der Waals surface area contributed by atoms with Crippen LogP contribution in [0.15, 0.2) is 65.2 Å². The van der Waals surface area contributed by atoms with Gasteiger partial charge in [-0.25, -0.2) is 4.57 Å². The van der Waals surface area contributed by atoms with E-state index in [-0.39, 0.29) is 0 Å². The summed E-state index contributed by atoms with van der Waals surface area (Å²) in [5.74, 6) is 0. The maximum absolute atomic E-state index is 6.72. The average Bonchev–Trinajstić information content (AvgIpc) is 3.32. The molecule has 0 saturated heterocycles. The van der Waals surface area contributed by atoms with Crippen molar-refractivity contribution in [3.63, 3.8) is 0 Å². The van der Waals surface area contributed by atoms with Crippen LogP contribution in [0, 0.1) is 6.92 Å². The molecule has 0 bridgehead atoms. The largest absolute Gasteiger partial charge is 0.454 e. The van der Waals surface area contributed by atoms with Crippen molar-refractivity contribution in [3.8, 4) is 22.5 Å². The molecule has 3 nitrogen and oxygen atoms in total. The second kappa shape index (κ2) is 6.84. The lowest BCUT2D eigenvalue weighted by molar-refractivity contribution is -0.660. The molecular formula is C28H27N2O+. The first-order valence-electron chi connectivity index (χ1n) is 11.2. The van der Waals surface area contributed by atoms with Gasteiger partial charge in [-0.2, -0.15) is 0 Å². The minimum atomic E-state index is 0.975. The van der Waals surface area contributed by atoms with Gasteiger partial charge >= 0.3 is 0 Å². The van der Waals surface area contributed by atoms with Crippen LogP contribution >= 0.6 is 0 Å². The van der Waals surface area contributed by atoms with Gasteiger partial charge in [-0.15, -0.1) is 0 Å². The Balaban J connectivity index is 1.66. The molecule has 3 heteroatoms. The number of rotatable bonds is 2. The maximum Gasteiger partial charge on any atom is 0.216 e. The number of furan rings is 1. The first-order valence-corrected chi connectivity index (χ1v) is 11.2. The molecule has 0 aliphatic heterocycles. The van der Waals surface area contributed by atoms with Crippen molar-refractivity contribution in [1.29, 1.82) is 0 Å². The van der Waals surface area contributed by atoms with Gasteiger partial charge < -0.3 is 8.98 Å². The number of benzene rings is 2. The van der Waals surface area contributed by atoms with Crippen molar-refractivity contribution in [2.75, 3.05) is 0 Å². The van der Waals surface area contributed by atoms with Crippen LogP contribution in [0.1, 0.15) is 29.7 Å². The second-order valence-corrected chi connectivity index (χ2v) is 8.88. The third-order valence-electron chi connectivity index (χ3n) is 7.02. The molecule has 0 spiro atoms. The third kappa shape index (κ3) is 2.69. The normalized spacial score (nSPS) is 13.8. The minimum Gasteiger partial charge on any atom is -0.454 e. The lowest BCUT2D eigenvalue weighted by Crippen LogP contribution is -2.30. The van der Waals surface area contributed by atoms with E-state index in [2.05, 4.69) is 90.9 Å². The summed E-state index contributed by atoms with van der Waals surface area (Å²) in [6.45, 7) is 2.17. The highest BCUT2D eigenvalue weighted by molar-refractivity contribution is 6.13. The van der Waals surface area contributed by atoms with Crippen molar-refractivity contribution >= 4 is 21.9 Å². The van der Waals surface area contributed by atoms with E-state index < -0.39 is 0 Å². The van der Waals surface area contributed by atoms with Crippen molar-refractivity contribution < 1.29 is 8.98 Å². The van der Waals surface area contributed by atoms with Gasteiger partial charge in [0.25, 0.3) is 0 Å². The molecule has 0 N–H and O–H groups in total. The molecular weight excluding hydrogens is 380 g/mol. The van der Waals surface area contributed by atoms with E-state index in [4.69, 9.17) is 4.42 Å². The molecule has 0 unspecified atom stereocenters. The highest BCUT2D eigenvalue weighted by Crippen LogP contribution is 2.41. The van der Waals surface area contributed by atoms with E-state index in [0.717, 1.165) is 11.2 Å². The predicted octanol–water partition coefficient (Wildman–Crippen LogP) is 6.27. The van der Waals surface area contributed by atoms with Crippen molar-refractivity contribution in [3.05, 3.63) is 77.6 Å². The number of hydrogen-bond donors (Lipinski definition) is 0. The van der Waals surface area contributed by atoms with Crippen molar-refractivity contribution in [2.45, 2.75) is 32.6 Å². The van der Waals surface area contributed by atoms with E-state index >= 15 is 0 Å². The number of pyridine rings is 1. The molecule has 3 heterocycles. The Morgan fingerprint density at radius 2 is 1.74 bits per heavy atom. The number of nitrogens with zero attached hydrogens (tertiary/aromatic N) is 2. The number of aromatic nitrogens is 2. The van der Waals surface area contributed by atoms with Crippen LogP contribution in [0.4, 0.5) is 0 Å². The van der Waals surface area contributed by atoms with E-state index in [1.54, 1.807) is 0 Å². The zero-order chi connectivity index (χ0) is 21.1. The summed E-state index contributed by atoms with van der Waals surface area (Å²) in [6, 6.07) is 19.7. The van der Waals surface area contributed by atoms with Crippen LogP contribution in [0.2, 0.25) is 0 Å². The molecule has 6 rings (SSSR count). The predicted molar refractivity (Wildman–Crippen MR) is 126 cm³/mol. The van der Waals surface area contributed by atoms with Gasteiger partial charge in [0.2, 0.25) is 5.69 Å². The molecule has 0 atom stereocenters. The van der Waals surface area contributed by atoms with Crippen molar-refractivity contribution in [1.82, 2.24) is 4.57 Å². The van der Waals surface area contributed by atoms with Gasteiger partial charge in [0.1, 0.15) is 18.2 Å². The molecule has 0 saturated carbocycles. The molecule has 0 amide bonds. The minimum absolute atomic E-state index is 0.975. The van der Waals surface area contributed by atoms with Crippen LogP contribution in [-0.2, 0) is 26.9 Å². The Morgan fingerprint density at radius 3 is 2.58 bits per heavy atom. The lowest BCUT2D eigenvalue weighted by atomic mass is 9.98. The van der Waals surface area contributed by atoms with Crippen molar-refractivity contribution in [2.24, 2.45) is 14.1 Å². The SMILES string of the molecule is Cc1ccc2c(oc3c(-c4cc5c(n4C)CCCC5)cccc32)c1-c1cccc[n+]1C. The Bertz CT molecular complexity index is 1470. The van der Waals surface area contributed by atoms with Gasteiger partial charge in [-0.1, -0.05) is 24.3 Å². The van der Waals surface area contributed by atoms with E-state index in [0.29, 0.717) is 0 Å². The Morgan fingerprint density at radius 1 is 0.903 bits per heavy atom. The summed E-state index contributed by atoms with van der Waals surface area (Å²) in [5, 5.41) is 2.37. The monoisotopic (exact) mass is 407 g/mol. The smallest absolute Gasteiger partial charge is 0.216 e. The number of aryl methyl sites for hydroxylation is 3. The number of fused-ring (bicyclic) bond motifs is 4. The summed E-state index contributed by atoms with van der Waals surface area (Å²) in [5.41, 5.74) is 11.0. The van der Waals surface area contributed by atoms with Crippen LogP contribution < -0.4 is 4.57 Å². The first-order chi connectivity index (χ1) is 15.1. The fourth-order valence-corrected chi connectivity index (χ4v) is 5.38. The van der Waals surface area contributed by atoms with Crippen LogP contribution in [0.3, 0.4) is 0 Å². The van der Waals surface area contributed by atoms with E-state index in [1.165, 1.54) is 75.8 Å². The molecule has 0 radical (unpaired) electrons. The molecule has 1 aliphatic rings. The van der Waals surface area contributed by atoms with Crippen LogP contribution in [0.5, 0.6) is 0 Å². The van der Waals surface area contributed by atoms with Gasteiger partial charge in [-0.05, 0) is 61.9 Å². The van der Waals surface area contributed by atoms with E-state index in [9.17, 15) is 0 Å². The summed E-state index contributed by atoms with van der Waals surface area (Å²) >= 11 is 0. The highest BCUT2D eigenvalue weighted by Gasteiger charge is 2.23. The first kappa shape index (κ1) is 18.4. The van der Waals surface area contributed by atoms with Gasteiger partial charge in [-0.3, -0.25) is 0 Å². The quantitative estimate of drug-likeness (QED) is 0.316. The molecule has 5 aromatic rings. The Labute approximate surface area is 182 Å². The second-order valence-electron chi connectivity index (χ2n) is 8.88. The Hall–Kier alpha value is -3.33. The van der Waals surface area contributed by atoms with Gasteiger partial charge in [0.15, 0.2) is 6.20 Å². The summed E-state index contributed by atoms with van der Waals surface area (Å²) in [7, 11) is 4.30. The number of hydrogen-bond acceptors (Lipinski definition) is 1. The standard InChI is InChI=1S/C28H27N2O/c1-18-14-15-21-20-10-8-11-22(25-17-19-9-4-5-12-23(19)30(25)3)27(20)31-28(21)26(18)24-13-6-7-16-29(24)2/h6-8,10-11,13-17H,4-5,9,12H2,1-3H3/q+1. The highest BCUT2D eigenvalue weighted by atomic mass is 16.3. The molecule has 2 aromatic carbocycles. The zero-order valence-corrected chi connectivity index (χ0v) is 18.4. The molecule has 1 aliphatic carbocycles. The van der Waals surface area contributed by atoms with Gasteiger partial charge in [0.05, 0.1) is 11.3 Å².